The van der Waals surface area contributed by atoms with Crippen LogP contribution in [0.2, 0.25) is 0 Å². The number of ether oxygens (including phenoxy) is 1. The molecule has 0 radical (unpaired) electrons. The highest BCUT2D eigenvalue weighted by molar-refractivity contribution is 7.99. The van der Waals surface area contributed by atoms with Crippen LogP contribution in [0.4, 0.5) is 4.39 Å². The quantitative estimate of drug-likeness (QED) is 0.505. The van der Waals surface area contributed by atoms with Gasteiger partial charge in [0.2, 0.25) is 5.91 Å². The molecule has 2 aromatic rings. The number of nitrogens with one attached hydrogen (secondary N) is 1. The summed E-state index contributed by atoms with van der Waals surface area (Å²) in [7, 11) is 0. The molecule has 3 rings (SSSR count). The van der Waals surface area contributed by atoms with E-state index in [4.69, 9.17) is 4.74 Å². The van der Waals surface area contributed by atoms with Crippen molar-refractivity contribution in [2.24, 2.45) is 5.92 Å². The van der Waals surface area contributed by atoms with Gasteiger partial charge in [-0.1, -0.05) is 38.5 Å². The summed E-state index contributed by atoms with van der Waals surface area (Å²) in [4.78, 5) is 12.4. The van der Waals surface area contributed by atoms with Crippen LogP contribution in [0.1, 0.15) is 52.9 Å². The van der Waals surface area contributed by atoms with Gasteiger partial charge in [-0.05, 0) is 56.4 Å². The second-order valence-electron chi connectivity index (χ2n) is 8.64. The highest BCUT2D eigenvalue weighted by atomic mass is 32.2. The van der Waals surface area contributed by atoms with Gasteiger partial charge in [0.15, 0.2) is 11.0 Å². The summed E-state index contributed by atoms with van der Waals surface area (Å²) in [6, 6.07) is 6.39. The van der Waals surface area contributed by atoms with Crippen LogP contribution in [0.3, 0.4) is 0 Å². The third-order valence-electron chi connectivity index (χ3n) is 5.39. The Morgan fingerprint density at radius 2 is 2.03 bits per heavy atom. The molecule has 1 aromatic heterocycles. The molecule has 6 nitrogen and oxygen atoms in total. The summed E-state index contributed by atoms with van der Waals surface area (Å²) in [6.45, 7) is 7.86. The Kier molecular flexibility index (Phi) is 8.90. The minimum Gasteiger partial charge on any atom is -0.376 e. The third kappa shape index (κ3) is 7.31. The van der Waals surface area contributed by atoms with Crippen molar-refractivity contribution >= 4 is 17.7 Å². The van der Waals surface area contributed by atoms with E-state index in [0.29, 0.717) is 23.4 Å². The molecule has 1 aliphatic rings. The lowest BCUT2D eigenvalue weighted by atomic mass is 10.0. The van der Waals surface area contributed by atoms with Crippen molar-refractivity contribution in [1.29, 1.82) is 0 Å². The first kappa shape index (κ1) is 23.7. The van der Waals surface area contributed by atoms with Crippen LogP contribution in [0, 0.1) is 11.7 Å². The maximum Gasteiger partial charge on any atom is 0.230 e. The zero-order valence-electron chi connectivity index (χ0n) is 18.6. The number of rotatable bonds is 11. The second-order valence-corrected chi connectivity index (χ2v) is 9.58. The number of hydrogen-bond acceptors (Lipinski definition) is 5. The smallest absolute Gasteiger partial charge is 0.230 e. The zero-order chi connectivity index (χ0) is 22.2. The molecule has 0 saturated carbocycles. The van der Waals surface area contributed by atoms with Crippen molar-refractivity contribution in [3.8, 4) is 11.4 Å². The number of carbonyl (C=O) groups excluding carboxylic acids is 1. The molecule has 31 heavy (non-hydrogen) atoms. The van der Waals surface area contributed by atoms with E-state index in [1.165, 1.54) is 30.3 Å². The molecule has 1 aromatic carbocycles. The normalized spacial score (nSPS) is 17.3. The van der Waals surface area contributed by atoms with E-state index in [-0.39, 0.29) is 29.6 Å². The van der Waals surface area contributed by atoms with Crippen molar-refractivity contribution < 1.29 is 13.9 Å². The average Bonchev–Trinajstić information content (AvgIpc) is 3.37. The molecule has 170 valence electrons. The van der Waals surface area contributed by atoms with Crippen LogP contribution in [0.25, 0.3) is 11.4 Å². The zero-order valence-corrected chi connectivity index (χ0v) is 19.5. The lowest BCUT2D eigenvalue weighted by molar-refractivity contribution is -0.119. The fourth-order valence-corrected chi connectivity index (χ4v) is 4.47. The van der Waals surface area contributed by atoms with Gasteiger partial charge in [-0.3, -0.25) is 9.36 Å². The number of carbonyl (C=O) groups is 1. The molecule has 1 fully saturated rings. The van der Waals surface area contributed by atoms with E-state index in [9.17, 15) is 9.18 Å². The number of nitrogens with zero attached hydrogens (tertiary/aromatic N) is 3. The van der Waals surface area contributed by atoms with Crippen LogP contribution in [0.15, 0.2) is 29.4 Å². The van der Waals surface area contributed by atoms with Crippen LogP contribution < -0.4 is 5.32 Å². The Balaban J connectivity index is 1.63. The van der Waals surface area contributed by atoms with Gasteiger partial charge < -0.3 is 10.1 Å². The van der Waals surface area contributed by atoms with Crippen molar-refractivity contribution in [2.45, 2.75) is 76.7 Å². The number of thioether (sulfide) groups is 1. The van der Waals surface area contributed by atoms with Crippen molar-refractivity contribution in [1.82, 2.24) is 20.1 Å². The molecule has 0 aliphatic carbocycles. The van der Waals surface area contributed by atoms with Gasteiger partial charge >= 0.3 is 0 Å². The van der Waals surface area contributed by atoms with E-state index in [1.807, 2.05) is 4.57 Å². The largest absolute Gasteiger partial charge is 0.376 e. The summed E-state index contributed by atoms with van der Waals surface area (Å²) in [5.41, 5.74) is 0.793. The van der Waals surface area contributed by atoms with Gasteiger partial charge in [0.05, 0.1) is 18.4 Å². The minimum absolute atomic E-state index is 0.00274. The maximum absolute atomic E-state index is 13.4. The molecule has 8 heteroatoms. The fourth-order valence-electron chi connectivity index (χ4n) is 3.72. The first-order valence-electron chi connectivity index (χ1n) is 11.1. The molecular formula is C23H33FN4O2S. The number of amides is 1. The summed E-state index contributed by atoms with van der Waals surface area (Å²) < 4.78 is 21.1. The van der Waals surface area contributed by atoms with Crippen molar-refractivity contribution in [3.63, 3.8) is 0 Å². The topological polar surface area (TPSA) is 69.0 Å². The number of benzene rings is 1. The van der Waals surface area contributed by atoms with Crippen LogP contribution in [-0.2, 0) is 16.1 Å². The molecule has 1 amide bonds. The highest BCUT2D eigenvalue weighted by Gasteiger charge is 2.22. The molecule has 0 spiro atoms. The summed E-state index contributed by atoms with van der Waals surface area (Å²) >= 11 is 1.38. The first-order valence-corrected chi connectivity index (χ1v) is 12.1. The maximum atomic E-state index is 13.4. The summed E-state index contributed by atoms with van der Waals surface area (Å²) in [5.74, 6) is 1.34. The Labute approximate surface area is 188 Å². The molecule has 2 atom stereocenters. The van der Waals surface area contributed by atoms with E-state index >= 15 is 0 Å². The number of hydrogen-bond donors (Lipinski definition) is 1. The van der Waals surface area contributed by atoms with Gasteiger partial charge in [-0.15, -0.1) is 10.2 Å². The van der Waals surface area contributed by atoms with Gasteiger partial charge in [-0.2, -0.15) is 0 Å². The number of aromatic nitrogens is 3. The van der Waals surface area contributed by atoms with Gasteiger partial charge in [0.1, 0.15) is 5.82 Å². The lowest BCUT2D eigenvalue weighted by Crippen LogP contribution is -2.33. The van der Waals surface area contributed by atoms with E-state index < -0.39 is 0 Å². The summed E-state index contributed by atoms with van der Waals surface area (Å²) in [6.07, 6.45) is 5.40. The molecule has 0 unspecified atom stereocenters. The Hall–Kier alpha value is -1.93. The minimum atomic E-state index is -0.289. The van der Waals surface area contributed by atoms with E-state index in [0.717, 1.165) is 37.9 Å². The monoisotopic (exact) mass is 448 g/mol. The molecular weight excluding hydrogens is 415 g/mol. The number of halogens is 1. The molecule has 1 aliphatic heterocycles. The van der Waals surface area contributed by atoms with Crippen molar-refractivity contribution in [2.75, 3.05) is 12.4 Å². The van der Waals surface area contributed by atoms with Crippen LogP contribution >= 0.6 is 11.8 Å². The van der Waals surface area contributed by atoms with Crippen molar-refractivity contribution in [3.05, 3.63) is 30.1 Å². The molecule has 0 bridgehead atoms. The molecule has 1 N–H and O–H groups in total. The first-order chi connectivity index (χ1) is 14.9. The average molecular weight is 449 g/mol. The van der Waals surface area contributed by atoms with Gasteiger partial charge in [0, 0.05) is 18.2 Å². The Morgan fingerprint density at radius 1 is 1.26 bits per heavy atom. The molecule has 1 saturated heterocycles. The van der Waals surface area contributed by atoms with Crippen LogP contribution in [0.5, 0.6) is 0 Å². The highest BCUT2D eigenvalue weighted by Crippen LogP contribution is 2.26. The van der Waals surface area contributed by atoms with Gasteiger partial charge in [-0.25, -0.2) is 4.39 Å². The van der Waals surface area contributed by atoms with Crippen LogP contribution in [-0.4, -0.2) is 45.2 Å². The predicted molar refractivity (Wildman–Crippen MR) is 121 cm³/mol. The van der Waals surface area contributed by atoms with E-state index in [1.54, 1.807) is 12.1 Å². The standard InChI is InChI=1S/C23H33FN4O2S/c1-16(2)6-4-7-17(3)25-21(29)15-31-23-27-26-22(18-9-11-19(24)12-10-18)28(23)14-20-8-5-13-30-20/h9-12,16-17,20H,4-8,13-15H2,1-3H3,(H,25,29)/t17-,20+/m0/s1. The SMILES string of the molecule is CC(C)CCC[C@H](C)NC(=O)CSc1nnc(-c2ccc(F)cc2)n1C[C@H]1CCCO1. The van der Waals surface area contributed by atoms with Gasteiger partial charge in [0.25, 0.3) is 0 Å². The second kappa shape index (κ2) is 11.6. The lowest BCUT2D eigenvalue weighted by Gasteiger charge is -2.16. The van der Waals surface area contributed by atoms with E-state index in [2.05, 4.69) is 36.3 Å². The predicted octanol–water partition coefficient (Wildman–Crippen LogP) is 4.69. The Morgan fingerprint density at radius 3 is 2.71 bits per heavy atom. The third-order valence-corrected chi connectivity index (χ3v) is 6.35. The fraction of sp³-hybridized carbons (Fsp3) is 0.609. The molecule has 2 heterocycles. The Bertz CT molecular complexity index is 835. The summed E-state index contributed by atoms with van der Waals surface area (Å²) in [5, 5.41) is 12.4.